The van der Waals surface area contributed by atoms with Crippen molar-refractivity contribution in [2.24, 2.45) is 0 Å². The van der Waals surface area contributed by atoms with Crippen molar-refractivity contribution < 1.29 is 21.3 Å². The maximum Gasteiger partial charge on any atom is -0.147 e. The fourth-order valence-electron chi connectivity index (χ4n) is 9.01. The van der Waals surface area contributed by atoms with E-state index >= 15 is 0 Å². The molecule has 6 aromatic carbocycles. The van der Waals surface area contributed by atoms with E-state index < -0.39 is 21.3 Å². The smallest absolute Gasteiger partial charge is 0.147 e. The Labute approximate surface area is 362 Å². The standard InChI is InChI=1S/C35H37.C14H12.C5H5.2ClH.Zr/c1-22-13-9-11-15-26(22)30-18-24-17-25-19-31(27-16-12-10-14-23(27)2)33(35(6,7)8)21-29(25)28(24)20-32(30)34(3,4)5;1-3-7-13(8-4-1)11-12-14-9-5-2-6-10-14;1-2-4-5-3-1;;;/h9-16,18,20-21H,17H2,1-8H3;1-10H,11H2;1-3H,4H2;2*1H;. The molecule has 2 aliphatic carbocycles. The summed E-state index contributed by atoms with van der Waals surface area (Å²) >= 11 is -2.97. The van der Waals surface area contributed by atoms with Gasteiger partial charge in [0.15, 0.2) is 0 Å². The molecule has 0 amide bonds. The Morgan fingerprint density at radius 1 is 0.579 bits per heavy atom. The van der Waals surface area contributed by atoms with Crippen LogP contribution in [0.4, 0.5) is 0 Å². The number of aryl methyl sites for hydroxylation is 2. The van der Waals surface area contributed by atoms with Gasteiger partial charge in [-0.3, -0.25) is 0 Å². The first-order chi connectivity index (χ1) is 26.4. The van der Waals surface area contributed by atoms with Crippen LogP contribution in [0.15, 0.2) is 149 Å². The molecule has 0 saturated carbocycles. The topological polar surface area (TPSA) is 0 Å². The summed E-state index contributed by atoms with van der Waals surface area (Å²) in [6.07, 6.45) is 10.2. The average molecular weight is 867 g/mol. The molecule has 0 aromatic heterocycles. The van der Waals surface area contributed by atoms with Gasteiger partial charge in [-0.15, -0.1) is 24.8 Å². The van der Waals surface area contributed by atoms with Crippen molar-refractivity contribution in [1.82, 2.24) is 0 Å². The molecule has 0 heterocycles. The number of halogens is 2. The van der Waals surface area contributed by atoms with Gasteiger partial charge in [0.2, 0.25) is 0 Å². The predicted octanol–water partition coefficient (Wildman–Crippen LogP) is 14.2. The molecule has 8 rings (SSSR count). The van der Waals surface area contributed by atoms with Crippen LogP contribution in [0.1, 0.15) is 92.5 Å². The summed E-state index contributed by atoms with van der Waals surface area (Å²) in [5, 5.41) is 0. The number of allylic oxidation sites excluding steroid dienone is 4. The SMILES string of the molecule is Cc1ccccc1-c1cc2c(cc1C(C)(C)C)-c1cc(C(C)(C)C)c(-c3ccccc3C)[c](/[Zr]([C]3=CC=CC3)=[C](/Cc3ccccc3)c3ccccc3)c1C2.Cl.Cl. The van der Waals surface area contributed by atoms with E-state index in [2.05, 4.69) is 201 Å². The summed E-state index contributed by atoms with van der Waals surface area (Å²) in [5.74, 6) is 0. The Morgan fingerprint density at radius 2 is 1.14 bits per heavy atom. The molecule has 0 aliphatic heterocycles. The number of hydrogen-bond donors (Lipinski definition) is 0. The molecule has 290 valence electrons. The van der Waals surface area contributed by atoms with Gasteiger partial charge in [0.05, 0.1) is 0 Å². The van der Waals surface area contributed by atoms with E-state index in [1.54, 1.807) is 15.3 Å². The summed E-state index contributed by atoms with van der Waals surface area (Å²) in [5.41, 5.74) is 19.9. The van der Waals surface area contributed by atoms with Crippen molar-refractivity contribution in [3.05, 3.63) is 193 Å². The van der Waals surface area contributed by atoms with Gasteiger partial charge in [0.1, 0.15) is 0 Å². The average Bonchev–Trinajstić information content (AvgIpc) is 3.83. The van der Waals surface area contributed by atoms with Gasteiger partial charge in [-0.2, -0.15) is 0 Å². The molecule has 6 aromatic rings. The quantitative estimate of drug-likeness (QED) is 0.150. The Balaban J connectivity index is 0.00000275. The van der Waals surface area contributed by atoms with E-state index in [-0.39, 0.29) is 35.6 Å². The van der Waals surface area contributed by atoms with Crippen LogP contribution in [-0.4, -0.2) is 3.21 Å². The molecular formula is C54H56Cl2Zr. The second kappa shape index (κ2) is 17.2. The van der Waals surface area contributed by atoms with Crippen molar-refractivity contribution >= 4 is 31.3 Å². The van der Waals surface area contributed by atoms with Crippen LogP contribution in [0.5, 0.6) is 0 Å². The van der Waals surface area contributed by atoms with Crippen LogP contribution in [0.25, 0.3) is 33.4 Å². The van der Waals surface area contributed by atoms with Crippen molar-refractivity contribution in [1.29, 1.82) is 0 Å². The molecule has 0 spiro atoms. The Morgan fingerprint density at radius 3 is 1.72 bits per heavy atom. The zero-order chi connectivity index (χ0) is 38.5. The summed E-state index contributed by atoms with van der Waals surface area (Å²) in [4.78, 5) is 0. The van der Waals surface area contributed by atoms with Crippen molar-refractivity contribution in [3.8, 4) is 33.4 Å². The van der Waals surface area contributed by atoms with Gasteiger partial charge in [-0.25, -0.2) is 0 Å². The van der Waals surface area contributed by atoms with Gasteiger partial charge in [0, 0.05) is 0 Å². The molecule has 0 N–H and O–H groups in total. The number of benzene rings is 6. The van der Waals surface area contributed by atoms with Gasteiger partial charge in [0.25, 0.3) is 0 Å². The first-order valence-corrected chi connectivity index (χ1v) is 23.8. The third-order valence-electron chi connectivity index (χ3n) is 11.8. The third-order valence-corrected chi connectivity index (χ3v) is 19.5. The summed E-state index contributed by atoms with van der Waals surface area (Å²) < 4.78 is 5.03. The summed E-state index contributed by atoms with van der Waals surface area (Å²) in [6, 6.07) is 48.7. The molecule has 0 atom stereocenters. The molecule has 0 fully saturated rings. The van der Waals surface area contributed by atoms with E-state index in [9.17, 15) is 0 Å². The fourth-order valence-corrected chi connectivity index (χ4v) is 17.6. The van der Waals surface area contributed by atoms with Crippen LogP contribution in [0.3, 0.4) is 0 Å². The van der Waals surface area contributed by atoms with E-state index in [4.69, 9.17) is 0 Å². The van der Waals surface area contributed by atoms with Gasteiger partial charge in [-0.1, -0.05) is 0 Å². The van der Waals surface area contributed by atoms with E-state index in [0.29, 0.717) is 0 Å². The molecule has 57 heavy (non-hydrogen) atoms. The van der Waals surface area contributed by atoms with Crippen molar-refractivity contribution in [2.75, 3.05) is 0 Å². The molecule has 0 unspecified atom stereocenters. The Bertz CT molecular complexity index is 2520. The third kappa shape index (κ3) is 8.37. The van der Waals surface area contributed by atoms with Crippen LogP contribution >= 0.6 is 24.8 Å². The Kier molecular flexibility index (Phi) is 12.9. The van der Waals surface area contributed by atoms with E-state index in [1.165, 1.54) is 72.3 Å². The second-order valence-corrected chi connectivity index (χ2v) is 23.9. The van der Waals surface area contributed by atoms with Crippen molar-refractivity contribution in [2.45, 2.75) is 85.5 Å². The van der Waals surface area contributed by atoms with Crippen LogP contribution in [0, 0.1) is 13.8 Å². The molecule has 2 aliphatic rings. The minimum absolute atomic E-state index is 0. The summed E-state index contributed by atoms with van der Waals surface area (Å²) in [7, 11) is 0. The van der Waals surface area contributed by atoms with Crippen molar-refractivity contribution in [3.63, 3.8) is 0 Å². The largest absolute Gasteiger partial charge is 0.147 e. The van der Waals surface area contributed by atoms with Gasteiger partial charge >= 0.3 is 340 Å². The van der Waals surface area contributed by atoms with Gasteiger partial charge in [-0.05, 0) is 0 Å². The summed E-state index contributed by atoms with van der Waals surface area (Å²) in [6.45, 7) is 19.0. The zero-order valence-corrected chi connectivity index (χ0v) is 38.9. The first-order valence-electron chi connectivity index (χ1n) is 20.1. The number of hydrogen-bond acceptors (Lipinski definition) is 0. The minimum atomic E-state index is -2.97. The number of rotatable bonds is 7. The molecule has 0 saturated heterocycles. The van der Waals surface area contributed by atoms with Crippen LogP contribution in [-0.2, 0) is 44.9 Å². The fraction of sp³-hybridized carbons (Fsp3) is 0.241. The second-order valence-electron chi connectivity index (χ2n) is 17.8. The predicted molar refractivity (Wildman–Crippen MR) is 249 cm³/mol. The van der Waals surface area contributed by atoms with Crippen LogP contribution in [0.2, 0.25) is 0 Å². The molecular weight excluding hydrogens is 811 g/mol. The molecule has 0 nitrogen and oxygen atoms in total. The van der Waals surface area contributed by atoms with E-state index in [1.807, 2.05) is 0 Å². The van der Waals surface area contributed by atoms with E-state index in [0.717, 1.165) is 19.3 Å². The monoisotopic (exact) mass is 864 g/mol. The normalized spacial score (nSPS) is 13.6. The number of fused-ring (bicyclic) bond motifs is 3. The maximum atomic E-state index is 2.63. The Hall–Kier alpha value is -3.87. The van der Waals surface area contributed by atoms with Gasteiger partial charge < -0.3 is 0 Å². The van der Waals surface area contributed by atoms with Crippen LogP contribution < -0.4 is 3.27 Å². The minimum Gasteiger partial charge on any atom is -0.147 e. The molecule has 0 bridgehead atoms. The zero-order valence-electron chi connectivity index (χ0n) is 34.8. The first kappa shape index (κ1) is 42.7. The maximum absolute atomic E-state index is 2.97. The molecule has 0 radical (unpaired) electrons. The molecule has 3 heteroatoms.